The predicted molar refractivity (Wildman–Crippen MR) is 78.6 cm³/mol. The maximum atomic E-state index is 12.3. The highest BCUT2D eigenvalue weighted by Crippen LogP contribution is 2.31. The van der Waals surface area contributed by atoms with Gasteiger partial charge in [-0.1, -0.05) is 0 Å². The number of amides is 2. The minimum absolute atomic E-state index is 0.161. The summed E-state index contributed by atoms with van der Waals surface area (Å²) in [6, 6.07) is 5.76. The number of aliphatic hydroxyl groups excluding tert-OH is 1. The average molecular weight is 292 g/mol. The number of hydrogen-bond acceptors (Lipinski definition) is 3. The van der Waals surface area contributed by atoms with Crippen LogP contribution in [0.1, 0.15) is 36.5 Å². The van der Waals surface area contributed by atoms with Gasteiger partial charge in [0.25, 0.3) is 0 Å². The fourth-order valence-electron chi connectivity index (χ4n) is 2.39. The van der Waals surface area contributed by atoms with Crippen LogP contribution in [0.4, 0.5) is 10.5 Å². The summed E-state index contributed by atoms with van der Waals surface area (Å²) in [6.45, 7) is 2.00. The number of hydrogen-bond donors (Lipinski definition) is 3. The number of benzene rings is 1. The van der Waals surface area contributed by atoms with Crippen LogP contribution in [-0.2, 0) is 0 Å². The highest BCUT2D eigenvalue weighted by Gasteiger charge is 2.34. The molecular formula is C15H20N2O4. The quantitative estimate of drug-likeness (QED) is 0.772. The van der Waals surface area contributed by atoms with Crippen LogP contribution in [0.3, 0.4) is 0 Å². The maximum absolute atomic E-state index is 12.3. The molecule has 0 bridgehead atoms. The molecule has 6 nitrogen and oxygen atoms in total. The van der Waals surface area contributed by atoms with E-state index in [4.69, 9.17) is 10.2 Å². The van der Waals surface area contributed by atoms with Crippen molar-refractivity contribution in [1.29, 1.82) is 0 Å². The molecule has 3 N–H and O–H groups in total. The van der Waals surface area contributed by atoms with Crippen molar-refractivity contribution in [1.82, 2.24) is 5.32 Å². The third kappa shape index (κ3) is 3.52. The second-order valence-corrected chi connectivity index (χ2v) is 5.57. The van der Waals surface area contributed by atoms with Crippen molar-refractivity contribution in [2.45, 2.75) is 31.7 Å². The number of carbonyl (C=O) groups is 2. The van der Waals surface area contributed by atoms with Crippen LogP contribution in [-0.4, -0.2) is 40.9 Å². The molecule has 1 aliphatic carbocycles. The normalized spacial score (nSPS) is 15.9. The highest BCUT2D eigenvalue weighted by atomic mass is 16.4. The Bertz CT molecular complexity index is 523. The van der Waals surface area contributed by atoms with Crippen LogP contribution >= 0.6 is 0 Å². The van der Waals surface area contributed by atoms with E-state index in [1.54, 1.807) is 12.1 Å². The Morgan fingerprint density at radius 3 is 2.33 bits per heavy atom. The van der Waals surface area contributed by atoms with Crippen molar-refractivity contribution in [3.05, 3.63) is 29.8 Å². The number of carbonyl (C=O) groups excluding carboxylic acids is 1. The number of nitrogens with zero attached hydrogens (tertiary/aromatic N) is 1. The number of aliphatic hydroxyl groups is 1. The van der Waals surface area contributed by atoms with Gasteiger partial charge in [0.05, 0.1) is 18.7 Å². The fraction of sp³-hybridized carbons (Fsp3) is 0.467. The zero-order chi connectivity index (χ0) is 15.5. The van der Waals surface area contributed by atoms with Crippen molar-refractivity contribution in [3.63, 3.8) is 0 Å². The molecule has 0 saturated heterocycles. The molecule has 2 rings (SSSR count). The van der Waals surface area contributed by atoms with E-state index in [1.165, 1.54) is 17.0 Å². The summed E-state index contributed by atoms with van der Waals surface area (Å²) in [4.78, 5) is 24.6. The second-order valence-electron chi connectivity index (χ2n) is 5.57. The molecular weight excluding hydrogens is 272 g/mol. The van der Waals surface area contributed by atoms with Crippen molar-refractivity contribution < 1.29 is 19.8 Å². The molecule has 1 saturated carbocycles. The summed E-state index contributed by atoms with van der Waals surface area (Å²) in [5.74, 6) is -1.01. The Kier molecular flexibility index (Phi) is 4.47. The van der Waals surface area contributed by atoms with E-state index in [0.29, 0.717) is 5.69 Å². The van der Waals surface area contributed by atoms with Crippen LogP contribution in [0.25, 0.3) is 0 Å². The molecule has 0 aromatic heterocycles. The third-order valence-electron chi connectivity index (χ3n) is 3.86. The molecule has 0 spiro atoms. The van der Waals surface area contributed by atoms with Crippen molar-refractivity contribution in [2.75, 3.05) is 18.1 Å². The van der Waals surface area contributed by atoms with Gasteiger partial charge in [0.1, 0.15) is 0 Å². The van der Waals surface area contributed by atoms with Gasteiger partial charge in [0.2, 0.25) is 0 Å². The molecule has 0 unspecified atom stereocenters. The zero-order valence-electron chi connectivity index (χ0n) is 12.0. The lowest BCUT2D eigenvalue weighted by atomic mass is 9.79. The molecule has 0 atom stereocenters. The summed E-state index contributed by atoms with van der Waals surface area (Å²) >= 11 is 0. The summed E-state index contributed by atoms with van der Waals surface area (Å²) in [7, 11) is 0. The molecule has 6 heteroatoms. The largest absolute Gasteiger partial charge is 0.478 e. The number of aromatic carboxylic acids is 1. The lowest BCUT2D eigenvalue weighted by Crippen LogP contribution is -2.55. The molecule has 1 aromatic rings. The second kappa shape index (κ2) is 6.13. The van der Waals surface area contributed by atoms with E-state index in [0.717, 1.165) is 19.3 Å². The van der Waals surface area contributed by atoms with Gasteiger partial charge in [-0.25, -0.2) is 9.59 Å². The van der Waals surface area contributed by atoms with Gasteiger partial charge in [-0.05, 0) is 50.5 Å². The Balaban J connectivity index is 2.13. The highest BCUT2D eigenvalue weighted by molar-refractivity contribution is 5.93. The summed E-state index contributed by atoms with van der Waals surface area (Å²) in [5, 5.41) is 21.0. The molecule has 114 valence electrons. The third-order valence-corrected chi connectivity index (χ3v) is 3.86. The number of rotatable bonds is 5. The number of nitrogens with one attached hydrogen (secondary N) is 1. The number of anilines is 1. The Morgan fingerprint density at radius 1 is 1.29 bits per heavy atom. The average Bonchev–Trinajstić information content (AvgIpc) is 2.43. The monoisotopic (exact) mass is 292 g/mol. The molecule has 1 aromatic carbocycles. The van der Waals surface area contributed by atoms with Gasteiger partial charge in [-0.2, -0.15) is 0 Å². The molecule has 0 aliphatic heterocycles. The van der Waals surface area contributed by atoms with E-state index < -0.39 is 5.97 Å². The number of carboxylic acids is 1. The van der Waals surface area contributed by atoms with E-state index in [2.05, 4.69) is 5.32 Å². The summed E-state index contributed by atoms with van der Waals surface area (Å²) in [5.41, 5.74) is 0.551. The van der Waals surface area contributed by atoms with Gasteiger partial charge in [0.15, 0.2) is 0 Å². The summed E-state index contributed by atoms with van der Waals surface area (Å²) in [6.07, 6.45) is 3.00. The van der Waals surface area contributed by atoms with Crippen LogP contribution in [0.15, 0.2) is 24.3 Å². The van der Waals surface area contributed by atoms with Gasteiger partial charge in [-0.3, -0.25) is 4.90 Å². The smallest absolute Gasteiger partial charge is 0.335 e. The Labute approximate surface area is 123 Å². The van der Waals surface area contributed by atoms with Crippen molar-refractivity contribution in [2.24, 2.45) is 0 Å². The minimum Gasteiger partial charge on any atom is -0.478 e. The van der Waals surface area contributed by atoms with Crippen LogP contribution in [0.2, 0.25) is 0 Å². The van der Waals surface area contributed by atoms with Gasteiger partial charge in [-0.15, -0.1) is 0 Å². The summed E-state index contributed by atoms with van der Waals surface area (Å²) < 4.78 is 0. The topological polar surface area (TPSA) is 89.9 Å². The minimum atomic E-state index is -1.01. The lowest BCUT2D eigenvalue weighted by Gasteiger charge is -2.40. The first kappa shape index (κ1) is 15.3. The number of carboxylic acid groups (broad SMARTS) is 1. The SMILES string of the molecule is CC1(NC(=O)N(CCO)c2ccc(C(=O)O)cc2)CCC1. The molecule has 0 radical (unpaired) electrons. The molecule has 1 fully saturated rings. The van der Waals surface area contributed by atoms with E-state index >= 15 is 0 Å². The predicted octanol–water partition coefficient (Wildman–Crippen LogP) is 1.84. The first-order valence-electron chi connectivity index (χ1n) is 6.99. The van der Waals surface area contributed by atoms with E-state index in [-0.39, 0.29) is 30.3 Å². The molecule has 1 aliphatic rings. The molecule has 21 heavy (non-hydrogen) atoms. The maximum Gasteiger partial charge on any atom is 0.335 e. The van der Waals surface area contributed by atoms with E-state index in [9.17, 15) is 9.59 Å². The first-order valence-corrected chi connectivity index (χ1v) is 6.99. The van der Waals surface area contributed by atoms with Crippen LogP contribution in [0, 0.1) is 0 Å². The standard InChI is InChI=1S/C15H20N2O4/c1-15(7-2-8-15)16-14(21)17(9-10-18)12-5-3-11(4-6-12)13(19)20/h3-6,18H,2,7-10H2,1H3,(H,16,21)(H,19,20). The Hall–Kier alpha value is -2.08. The van der Waals surface area contributed by atoms with Crippen LogP contribution < -0.4 is 10.2 Å². The molecule has 0 heterocycles. The van der Waals surface area contributed by atoms with Crippen molar-refractivity contribution in [3.8, 4) is 0 Å². The van der Waals surface area contributed by atoms with Gasteiger partial charge >= 0.3 is 12.0 Å². The number of urea groups is 1. The first-order chi connectivity index (χ1) is 9.95. The Morgan fingerprint density at radius 2 is 1.90 bits per heavy atom. The van der Waals surface area contributed by atoms with Gasteiger partial charge in [0, 0.05) is 11.2 Å². The lowest BCUT2D eigenvalue weighted by molar-refractivity contribution is 0.0697. The van der Waals surface area contributed by atoms with E-state index in [1.807, 2.05) is 6.92 Å². The zero-order valence-corrected chi connectivity index (χ0v) is 12.0. The van der Waals surface area contributed by atoms with Crippen molar-refractivity contribution >= 4 is 17.7 Å². The fourth-order valence-corrected chi connectivity index (χ4v) is 2.39. The van der Waals surface area contributed by atoms with Gasteiger partial charge < -0.3 is 15.5 Å². The van der Waals surface area contributed by atoms with Crippen LogP contribution in [0.5, 0.6) is 0 Å². The molecule has 2 amide bonds.